The van der Waals surface area contributed by atoms with E-state index >= 15 is 0 Å². The maximum atomic E-state index is 12.7. The van der Waals surface area contributed by atoms with Gasteiger partial charge >= 0.3 is 6.18 Å². The molecule has 2 aromatic carbocycles. The third kappa shape index (κ3) is 3.29. The Morgan fingerprint density at radius 2 is 1.88 bits per heavy atom. The summed E-state index contributed by atoms with van der Waals surface area (Å²) in [5.41, 5.74) is 0.492. The summed E-state index contributed by atoms with van der Waals surface area (Å²) in [4.78, 5) is 15.8. The van der Waals surface area contributed by atoms with Crippen LogP contribution in [0.25, 0.3) is 17.2 Å². The number of carbonyl (C=O) groups is 1. The summed E-state index contributed by atoms with van der Waals surface area (Å²) in [6.45, 7) is 0. The lowest BCUT2D eigenvalue weighted by Gasteiger charge is -2.06. The van der Waals surface area contributed by atoms with Crippen LogP contribution in [0.2, 0.25) is 0 Å². The quantitative estimate of drug-likeness (QED) is 0.791. The molecule has 0 spiro atoms. The van der Waals surface area contributed by atoms with Crippen LogP contribution < -0.4 is 5.32 Å². The number of nitrogens with zero attached hydrogens (tertiary/aromatic N) is 2. The van der Waals surface area contributed by atoms with Crippen LogP contribution in [0.5, 0.6) is 0 Å². The van der Waals surface area contributed by atoms with Crippen molar-refractivity contribution in [1.29, 1.82) is 0 Å². The van der Waals surface area contributed by atoms with Gasteiger partial charge in [0, 0.05) is 18.0 Å². The van der Waals surface area contributed by atoms with Crippen LogP contribution in [-0.4, -0.2) is 15.5 Å². The SMILES string of the molecule is O=C(NC=Cn1cnc2cc(C(F)(F)F)ccc21)c1ccccc1. The second-order valence-electron chi connectivity index (χ2n) is 5.01. The van der Waals surface area contributed by atoms with Crippen LogP contribution in [0.15, 0.2) is 61.1 Å². The zero-order valence-corrected chi connectivity index (χ0v) is 12.3. The molecule has 0 atom stereocenters. The molecule has 24 heavy (non-hydrogen) atoms. The van der Waals surface area contributed by atoms with E-state index in [-0.39, 0.29) is 11.4 Å². The lowest BCUT2D eigenvalue weighted by atomic mass is 10.2. The van der Waals surface area contributed by atoms with Gasteiger partial charge in [-0.15, -0.1) is 0 Å². The number of aromatic nitrogens is 2. The fourth-order valence-corrected chi connectivity index (χ4v) is 2.19. The summed E-state index contributed by atoms with van der Waals surface area (Å²) >= 11 is 0. The van der Waals surface area contributed by atoms with Crippen molar-refractivity contribution in [2.24, 2.45) is 0 Å². The van der Waals surface area contributed by atoms with Crippen molar-refractivity contribution in [3.63, 3.8) is 0 Å². The highest BCUT2D eigenvalue weighted by Gasteiger charge is 2.30. The maximum Gasteiger partial charge on any atom is 0.416 e. The van der Waals surface area contributed by atoms with Crippen LogP contribution in [0.3, 0.4) is 0 Å². The lowest BCUT2D eigenvalue weighted by molar-refractivity contribution is -0.137. The van der Waals surface area contributed by atoms with Gasteiger partial charge in [0.1, 0.15) is 0 Å². The van der Waals surface area contributed by atoms with E-state index in [9.17, 15) is 18.0 Å². The van der Waals surface area contributed by atoms with Crippen molar-refractivity contribution >= 4 is 23.1 Å². The van der Waals surface area contributed by atoms with E-state index in [4.69, 9.17) is 0 Å². The summed E-state index contributed by atoms with van der Waals surface area (Å²) in [5, 5.41) is 2.59. The Morgan fingerprint density at radius 3 is 2.58 bits per heavy atom. The normalized spacial score (nSPS) is 12.0. The maximum absolute atomic E-state index is 12.7. The van der Waals surface area contributed by atoms with E-state index in [0.717, 1.165) is 12.1 Å². The minimum atomic E-state index is -4.41. The number of alkyl halides is 3. The average molecular weight is 331 g/mol. The molecule has 0 aliphatic carbocycles. The zero-order chi connectivity index (χ0) is 17.2. The largest absolute Gasteiger partial charge is 0.416 e. The number of nitrogens with one attached hydrogen (secondary N) is 1. The zero-order valence-electron chi connectivity index (χ0n) is 12.3. The molecule has 7 heteroatoms. The number of carbonyl (C=O) groups excluding carboxylic acids is 1. The van der Waals surface area contributed by atoms with Crippen LogP contribution in [0.1, 0.15) is 15.9 Å². The van der Waals surface area contributed by atoms with Crippen LogP contribution in [0, 0.1) is 0 Å². The van der Waals surface area contributed by atoms with Crippen molar-refractivity contribution in [3.05, 3.63) is 72.2 Å². The van der Waals surface area contributed by atoms with Gasteiger partial charge in [-0.1, -0.05) is 18.2 Å². The molecular formula is C17H12F3N3O. The molecule has 0 aliphatic heterocycles. The van der Waals surface area contributed by atoms with Crippen molar-refractivity contribution < 1.29 is 18.0 Å². The highest BCUT2D eigenvalue weighted by atomic mass is 19.4. The molecule has 1 heterocycles. The van der Waals surface area contributed by atoms with Gasteiger partial charge < -0.3 is 9.88 Å². The molecule has 0 unspecified atom stereocenters. The molecule has 4 nitrogen and oxygen atoms in total. The minimum absolute atomic E-state index is 0.226. The highest BCUT2D eigenvalue weighted by molar-refractivity contribution is 5.95. The summed E-state index contributed by atoms with van der Waals surface area (Å²) in [7, 11) is 0. The molecule has 0 radical (unpaired) electrons. The van der Waals surface area contributed by atoms with E-state index in [1.54, 1.807) is 30.3 Å². The van der Waals surface area contributed by atoms with E-state index in [1.807, 2.05) is 0 Å². The van der Waals surface area contributed by atoms with Gasteiger partial charge in [0.25, 0.3) is 5.91 Å². The summed E-state index contributed by atoms with van der Waals surface area (Å²) in [5.74, 6) is -0.282. The van der Waals surface area contributed by atoms with Gasteiger partial charge in [-0.2, -0.15) is 13.2 Å². The second kappa shape index (κ2) is 6.19. The number of hydrogen-bond donors (Lipinski definition) is 1. The number of imidazole rings is 1. The number of amides is 1. The molecule has 3 aromatic rings. The predicted octanol–water partition coefficient (Wildman–Crippen LogP) is 3.91. The highest BCUT2D eigenvalue weighted by Crippen LogP contribution is 2.31. The minimum Gasteiger partial charge on any atom is -0.327 e. The Kier molecular flexibility index (Phi) is 4.07. The third-order valence-electron chi connectivity index (χ3n) is 3.39. The van der Waals surface area contributed by atoms with Gasteiger partial charge in [0.05, 0.1) is 22.9 Å². The second-order valence-corrected chi connectivity index (χ2v) is 5.01. The van der Waals surface area contributed by atoms with Crippen molar-refractivity contribution in [3.8, 4) is 0 Å². The summed E-state index contributed by atoms with van der Waals surface area (Å²) in [6, 6.07) is 12.0. The molecule has 0 saturated heterocycles. The summed E-state index contributed by atoms with van der Waals surface area (Å²) in [6.07, 6.45) is -0.0922. The van der Waals surface area contributed by atoms with Gasteiger partial charge in [-0.25, -0.2) is 4.98 Å². The number of fused-ring (bicyclic) bond motifs is 1. The van der Waals surface area contributed by atoms with Crippen LogP contribution in [0.4, 0.5) is 13.2 Å². The first kappa shape index (κ1) is 15.8. The molecule has 0 fully saturated rings. The molecule has 0 saturated carbocycles. The van der Waals surface area contributed by atoms with Gasteiger partial charge in [0.15, 0.2) is 0 Å². The van der Waals surface area contributed by atoms with Crippen LogP contribution >= 0.6 is 0 Å². The van der Waals surface area contributed by atoms with Crippen molar-refractivity contribution in [1.82, 2.24) is 14.9 Å². The van der Waals surface area contributed by atoms with E-state index in [1.165, 1.54) is 29.4 Å². The van der Waals surface area contributed by atoms with Gasteiger partial charge in [-0.3, -0.25) is 4.79 Å². The fraction of sp³-hybridized carbons (Fsp3) is 0.0588. The molecule has 0 bridgehead atoms. The Hall–Kier alpha value is -3.09. The Morgan fingerprint density at radius 1 is 1.12 bits per heavy atom. The Labute approximate surface area is 135 Å². The Balaban J connectivity index is 1.77. The third-order valence-corrected chi connectivity index (χ3v) is 3.39. The van der Waals surface area contributed by atoms with Gasteiger partial charge in [0.2, 0.25) is 0 Å². The number of benzene rings is 2. The number of rotatable bonds is 3. The first-order valence-corrected chi connectivity index (χ1v) is 7.01. The molecule has 3 rings (SSSR count). The monoisotopic (exact) mass is 331 g/mol. The first-order valence-electron chi connectivity index (χ1n) is 7.01. The van der Waals surface area contributed by atoms with Crippen molar-refractivity contribution in [2.75, 3.05) is 0 Å². The number of halogens is 3. The molecular weight excluding hydrogens is 319 g/mol. The fourth-order valence-electron chi connectivity index (χ4n) is 2.19. The standard InChI is InChI=1S/C17H12F3N3O/c18-17(19,20)13-6-7-15-14(10-13)22-11-23(15)9-8-21-16(24)12-4-2-1-3-5-12/h1-11H,(H,21,24). The molecule has 1 amide bonds. The van der Waals surface area contributed by atoms with E-state index < -0.39 is 11.7 Å². The number of hydrogen-bond acceptors (Lipinski definition) is 2. The Bertz CT molecular complexity index is 898. The topological polar surface area (TPSA) is 46.9 Å². The predicted molar refractivity (Wildman–Crippen MR) is 84.0 cm³/mol. The smallest absolute Gasteiger partial charge is 0.327 e. The molecule has 122 valence electrons. The van der Waals surface area contributed by atoms with E-state index in [0.29, 0.717) is 11.1 Å². The van der Waals surface area contributed by atoms with Crippen molar-refractivity contribution in [2.45, 2.75) is 6.18 Å². The first-order chi connectivity index (χ1) is 11.4. The molecule has 1 N–H and O–H groups in total. The van der Waals surface area contributed by atoms with Crippen LogP contribution in [-0.2, 0) is 6.18 Å². The summed E-state index contributed by atoms with van der Waals surface area (Å²) < 4.78 is 39.6. The van der Waals surface area contributed by atoms with E-state index in [2.05, 4.69) is 10.3 Å². The average Bonchev–Trinajstić information content (AvgIpc) is 2.97. The molecule has 1 aromatic heterocycles. The van der Waals surface area contributed by atoms with Gasteiger partial charge in [-0.05, 0) is 30.3 Å². The molecule has 0 aliphatic rings. The lowest BCUT2D eigenvalue weighted by Crippen LogP contribution is -2.16.